The first-order valence-electron chi connectivity index (χ1n) is 11.3. The van der Waals surface area contributed by atoms with Crippen LogP contribution in [0, 0.1) is 5.21 Å². The first-order valence-corrected chi connectivity index (χ1v) is 11.3. The minimum atomic E-state index is 0.554. The van der Waals surface area contributed by atoms with Crippen molar-refractivity contribution < 1.29 is 0 Å². The topological polar surface area (TPSA) is 26.3 Å². The van der Waals surface area contributed by atoms with Crippen LogP contribution in [-0.4, -0.2) is 18.2 Å². The number of unbranched alkanes of at least 4 members (excludes halogenated alkanes) is 11. The number of nitrogens with zero attached hydrogens (tertiary/aromatic N) is 1. The fraction of sp³-hybridized carbons (Fsp3) is 0.833. The smallest absolute Gasteiger partial charge is 0.00446 e. The third-order valence-electron chi connectivity index (χ3n) is 5.00. The third kappa shape index (κ3) is 19.7. The molecule has 0 aromatic carbocycles. The van der Waals surface area contributed by atoms with Gasteiger partial charge in [0, 0.05) is 6.54 Å². The van der Waals surface area contributed by atoms with Gasteiger partial charge in [-0.1, -0.05) is 101 Å². The van der Waals surface area contributed by atoms with Crippen LogP contribution < -0.4 is 0 Å². The van der Waals surface area contributed by atoms with E-state index in [-0.39, 0.29) is 0 Å². The molecule has 2 nitrogen and oxygen atoms in total. The van der Waals surface area contributed by atoms with Crippen molar-refractivity contribution in [3.63, 3.8) is 0 Å². The highest BCUT2D eigenvalue weighted by Crippen LogP contribution is 2.12. The van der Waals surface area contributed by atoms with Gasteiger partial charge in [0.05, 0.1) is 0 Å². The van der Waals surface area contributed by atoms with E-state index in [9.17, 15) is 5.21 Å². The molecule has 0 aliphatic heterocycles. The number of hydrogen-bond acceptors (Lipinski definition) is 2. The summed E-state index contributed by atoms with van der Waals surface area (Å²) in [6.45, 7) is 9.92. The molecule has 0 aliphatic carbocycles. The molecule has 154 valence electrons. The lowest BCUT2D eigenvalue weighted by molar-refractivity contribution is 0.395. The molecule has 0 spiro atoms. The highest BCUT2D eigenvalue weighted by molar-refractivity contribution is 5.03. The second-order valence-corrected chi connectivity index (χ2v) is 8.15. The van der Waals surface area contributed by atoms with E-state index in [1.165, 1.54) is 86.8 Å². The van der Waals surface area contributed by atoms with Gasteiger partial charge in [0.1, 0.15) is 0 Å². The molecule has 0 atom stereocenters. The van der Waals surface area contributed by atoms with Crippen LogP contribution in [0.1, 0.15) is 118 Å². The van der Waals surface area contributed by atoms with Crippen molar-refractivity contribution in [2.75, 3.05) is 13.1 Å². The summed E-state index contributed by atoms with van der Waals surface area (Å²) in [7, 11) is 0. The molecule has 0 aliphatic rings. The van der Waals surface area contributed by atoms with Crippen molar-refractivity contribution >= 4 is 0 Å². The summed E-state index contributed by atoms with van der Waals surface area (Å²) in [5.74, 6) is 0. The average Bonchev–Trinajstić information content (AvgIpc) is 2.60. The van der Waals surface area contributed by atoms with Crippen molar-refractivity contribution in [1.82, 2.24) is 5.06 Å². The van der Waals surface area contributed by atoms with Crippen LogP contribution in [0.4, 0.5) is 0 Å². The highest BCUT2D eigenvalue weighted by Gasteiger charge is 1.95. The molecule has 0 radical (unpaired) electrons. The Morgan fingerprint density at radius 2 is 1.23 bits per heavy atom. The Morgan fingerprint density at radius 1 is 0.731 bits per heavy atom. The van der Waals surface area contributed by atoms with Crippen LogP contribution in [-0.2, 0) is 0 Å². The lowest BCUT2D eigenvalue weighted by atomic mass is 10.1. The van der Waals surface area contributed by atoms with Crippen LogP contribution in [0.2, 0.25) is 0 Å². The van der Waals surface area contributed by atoms with Crippen LogP contribution in [0.5, 0.6) is 0 Å². The zero-order chi connectivity index (χ0) is 19.5. The van der Waals surface area contributed by atoms with E-state index in [4.69, 9.17) is 0 Å². The average molecular weight is 365 g/mol. The zero-order valence-electron chi connectivity index (χ0n) is 18.3. The second-order valence-electron chi connectivity index (χ2n) is 8.15. The number of hydroxylamine groups is 2. The largest absolute Gasteiger partial charge is 0.785 e. The first-order chi connectivity index (χ1) is 12.6. The molecule has 0 N–H and O–H groups in total. The fourth-order valence-corrected chi connectivity index (χ4v) is 3.17. The molecule has 0 amide bonds. The monoisotopic (exact) mass is 364 g/mol. The Morgan fingerprint density at radius 3 is 1.73 bits per heavy atom. The van der Waals surface area contributed by atoms with Crippen molar-refractivity contribution in [3.8, 4) is 0 Å². The summed E-state index contributed by atoms with van der Waals surface area (Å²) in [5, 5.41) is 13.1. The standard InChI is InChI=1S/C24H46NO/c1-5-6-7-8-9-10-11-12-13-14-15-16-21-25(26)22-20-24(4)19-17-18-23(2)3/h18,20H,5-17,19,21-22H2,1-4H3/q-1/b24-20-. The van der Waals surface area contributed by atoms with E-state index in [1.807, 2.05) is 0 Å². The van der Waals surface area contributed by atoms with E-state index in [1.54, 1.807) is 0 Å². The lowest BCUT2D eigenvalue weighted by Gasteiger charge is -2.26. The van der Waals surface area contributed by atoms with Gasteiger partial charge in [-0.15, -0.1) is 0 Å². The maximum atomic E-state index is 11.9. The minimum Gasteiger partial charge on any atom is -0.785 e. The Labute approximate surface area is 164 Å². The fourth-order valence-electron chi connectivity index (χ4n) is 3.17. The van der Waals surface area contributed by atoms with E-state index in [0.717, 1.165) is 19.3 Å². The third-order valence-corrected chi connectivity index (χ3v) is 5.00. The lowest BCUT2D eigenvalue weighted by Crippen LogP contribution is -2.17. The van der Waals surface area contributed by atoms with Gasteiger partial charge in [0.25, 0.3) is 0 Å². The van der Waals surface area contributed by atoms with E-state index in [0.29, 0.717) is 13.1 Å². The molecule has 0 aromatic rings. The predicted octanol–water partition coefficient (Wildman–Crippen LogP) is 8.18. The minimum absolute atomic E-state index is 0.554. The molecular weight excluding hydrogens is 318 g/mol. The normalized spacial score (nSPS) is 12.0. The van der Waals surface area contributed by atoms with Crippen LogP contribution in [0.3, 0.4) is 0 Å². The molecule has 0 fully saturated rings. The van der Waals surface area contributed by atoms with Gasteiger partial charge >= 0.3 is 0 Å². The summed E-state index contributed by atoms with van der Waals surface area (Å²) in [4.78, 5) is 0. The van der Waals surface area contributed by atoms with Gasteiger partial charge in [-0.2, -0.15) is 0 Å². The van der Waals surface area contributed by atoms with Gasteiger partial charge in [0.2, 0.25) is 0 Å². The van der Waals surface area contributed by atoms with Gasteiger partial charge < -0.3 is 10.3 Å². The van der Waals surface area contributed by atoms with E-state index >= 15 is 0 Å². The summed E-state index contributed by atoms with van der Waals surface area (Å²) in [6, 6.07) is 0. The molecular formula is C24H46NO-. The van der Waals surface area contributed by atoms with Crippen molar-refractivity contribution in [3.05, 3.63) is 28.5 Å². The van der Waals surface area contributed by atoms with Crippen LogP contribution in [0.25, 0.3) is 0 Å². The molecule has 0 rings (SSSR count). The van der Waals surface area contributed by atoms with Crippen molar-refractivity contribution in [2.45, 2.75) is 118 Å². The molecule has 0 heterocycles. The van der Waals surface area contributed by atoms with Crippen LogP contribution in [0.15, 0.2) is 23.3 Å². The summed E-state index contributed by atoms with van der Waals surface area (Å²) in [6.07, 6.45) is 22.6. The van der Waals surface area contributed by atoms with Gasteiger partial charge in [-0.25, -0.2) is 0 Å². The van der Waals surface area contributed by atoms with Crippen LogP contribution >= 0.6 is 0 Å². The van der Waals surface area contributed by atoms with Gasteiger partial charge in [-0.05, 0) is 46.6 Å². The zero-order valence-corrected chi connectivity index (χ0v) is 18.3. The number of rotatable bonds is 18. The maximum Gasteiger partial charge on any atom is 0.00446 e. The first kappa shape index (κ1) is 25.4. The van der Waals surface area contributed by atoms with Gasteiger partial charge in [0.15, 0.2) is 0 Å². The molecule has 2 heteroatoms. The molecule has 26 heavy (non-hydrogen) atoms. The molecule has 0 aromatic heterocycles. The maximum absolute atomic E-state index is 11.9. The molecule has 0 saturated heterocycles. The van der Waals surface area contributed by atoms with E-state index < -0.39 is 0 Å². The Balaban J connectivity index is 3.40. The van der Waals surface area contributed by atoms with Crippen molar-refractivity contribution in [2.24, 2.45) is 0 Å². The Kier molecular flexibility index (Phi) is 18.7. The van der Waals surface area contributed by atoms with Crippen molar-refractivity contribution in [1.29, 1.82) is 0 Å². The summed E-state index contributed by atoms with van der Waals surface area (Å²) >= 11 is 0. The highest BCUT2D eigenvalue weighted by atomic mass is 16.5. The SMILES string of the molecule is CCCCCCCCCCCCCCN([O-])C/C=C(/C)CCC=C(C)C. The number of hydrogen-bond donors (Lipinski definition) is 0. The van der Waals surface area contributed by atoms with E-state index in [2.05, 4.69) is 39.8 Å². The van der Waals surface area contributed by atoms with Gasteiger partial charge in [-0.3, -0.25) is 0 Å². The predicted molar refractivity (Wildman–Crippen MR) is 118 cm³/mol. The summed E-state index contributed by atoms with van der Waals surface area (Å²) in [5.41, 5.74) is 2.70. The Bertz CT molecular complexity index is 355. The second kappa shape index (κ2) is 19.2. The molecule has 0 unspecified atom stereocenters. The quantitative estimate of drug-likeness (QED) is 0.139. The summed E-state index contributed by atoms with van der Waals surface area (Å²) < 4.78 is 0. The molecule has 0 saturated carbocycles. The number of allylic oxidation sites excluding steroid dienone is 3. The Hall–Kier alpha value is -0.600. The molecule has 0 bridgehead atoms.